The molecule has 0 radical (unpaired) electrons. The number of benzene rings is 3. The molecule has 0 bridgehead atoms. The summed E-state index contributed by atoms with van der Waals surface area (Å²) in [5.41, 5.74) is 3.24. The van der Waals surface area contributed by atoms with Crippen LogP contribution in [0.2, 0.25) is 0 Å². The van der Waals surface area contributed by atoms with Gasteiger partial charge in [-0.2, -0.15) is 13.7 Å². The van der Waals surface area contributed by atoms with Crippen LogP contribution in [0.1, 0.15) is 27.2 Å². The van der Waals surface area contributed by atoms with Gasteiger partial charge in [0.25, 0.3) is 0 Å². The SMILES string of the molecule is COc1cc(C=C(C#N)C(=O)c2c(C)[nH]c3ccccc23)ccc1OS(=O)(=O)c1ccc(C)cc1. The zero-order valence-electron chi connectivity index (χ0n) is 19.3. The number of allylic oxidation sites excluding steroid dienone is 1. The van der Waals surface area contributed by atoms with Crippen LogP contribution in [-0.4, -0.2) is 26.3 Å². The first-order valence-electron chi connectivity index (χ1n) is 10.7. The number of nitriles is 1. The number of methoxy groups -OCH3 is 1. The van der Waals surface area contributed by atoms with Gasteiger partial charge in [0.2, 0.25) is 5.78 Å². The number of Topliss-reactive ketones (excluding diaryl/α,β-unsaturated/α-hetero) is 1. The van der Waals surface area contributed by atoms with Crippen LogP contribution in [-0.2, 0) is 10.1 Å². The predicted molar refractivity (Wildman–Crippen MR) is 133 cm³/mol. The van der Waals surface area contributed by atoms with Gasteiger partial charge in [0.05, 0.1) is 12.7 Å². The number of hydrogen-bond donors (Lipinski definition) is 1. The highest BCUT2D eigenvalue weighted by Crippen LogP contribution is 2.32. The summed E-state index contributed by atoms with van der Waals surface area (Å²) in [6, 6.07) is 20.1. The number of hydrogen-bond acceptors (Lipinski definition) is 6. The van der Waals surface area contributed by atoms with Gasteiger partial charge in [0, 0.05) is 16.6 Å². The minimum atomic E-state index is -4.08. The molecule has 0 amide bonds. The molecule has 0 aliphatic heterocycles. The van der Waals surface area contributed by atoms with Gasteiger partial charge < -0.3 is 13.9 Å². The van der Waals surface area contributed by atoms with Gasteiger partial charge in [-0.25, -0.2) is 0 Å². The Morgan fingerprint density at radius 2 is 1.71 bits per heavy atom. The molecule has 1 N–H and O–H groups in total. The van der Waals surface area contributed by atoms with E-state index in [1.807, 2.05) is 37.3 Å². The zero-order valence-corrected chi connectivity index (χ0v) is 20.1. The Morgan fingerprint density at radius 3 is 2.40 bits per heavy atom. The van der Waals surface area contributed by atoms with Crippen molar-refractivity contribution in [3.05, 3.63) is 94.7 Å². The number of ketones is 1. The second kappa shape index (κ2) is 9.49. The number of ether oxygens (including phenoxy) is 1. The van der Waals surface area contributed by atoms with Crippen molar-refractivity contribution < 1.29 is 22.1 Å². The highest BCUT2D eigenvalue weighted by atomic mass is 32.2. The number of aromatic nitrogens is 1. The summed E-state index contributed by atoms with van der Waals surface area (Å²) in [7, 11) is -2.70. The Kier molecular flexibility index (Phi) is 6.45. The van der Waals surface area contributed by atoms with Gasteiger partial charge in [-0.1, -0.05) is 42.0 Å². The van der Waals surface area contributed by atoms with Gasteiger partial charge in [-0.05, 0) is 55.8 Å². The molecule has 0 saturated heterocycles. The molecule has 176 valence electrons. The number of carbonyl (C=O) groups is 1. The van der Waals surface area contributed by atoms with E-state index in [1.165, 1.54) is 37.5 Å². The molecule has 0 unspecified atom stereocenters. The van der Waals surface area contributed by atoms with Crippen LogP contribution in [0.3, 0.4) is 0 Å². The minimum Gasteiger partial charge on any atom is -0.493 e. The molecule has 0 atom stereocenters. The molecule has 0 fully saturated rings. The Bertz CT molecular complexity index is 1610. The molecule has 0 saturated carbocycles. The number of para-hydroxylation sites is 1. The Morgan fingerprint density at radius 1 is 1.00 bits per heavy atom. The lowest BCUT2D eigenvalue weighted by Gasteiger charge is -2.12. The number of aromatic amines is 1. The van der Waals surface area contributed by atoms with Crippen molar-refractivity contribution in [3.8, 4) is 17.6 Å². The number of carbonyl (C=O) groups excluding carboxylic acids is 1. The average molecular weight is 487 g/mol. The number of aryl methyl sites for hydroxylation is 2. The fourth-order valence-corrected chi connectivity index (χ4v) is 4.67. The molecule has 3 aromatic carbocycles. The van der Waals surface area contributed by atoms with Crippen LogP contribution in [0.5, 0.6) is 11.5 Å². The lowest BCUT2D eigenvalue weighted by molar-refractivity contribution is 0.104. The first-order valence-corrected chi connectivity index (χ1v) is 12.1. The molecule has 4 rings (SSSR count). The van der Waals surface area contributed by atoms with Crippen LogP contribution in [0.4, 0.5) is 0 Å². The minimum absolute atomic E-state index is 0.0115. The summed E-state index contributed by atoms with van der Waals surface area (Å²) in [6.07, 6.45) is 1.43. The van der Waals surface area contributed by atoms with Crippen molar-refractivity contribution in [1.29, 1.82) is 5.26 Å². The maximum Gasteiger partial charge on any atom is 0.339 e. The van der Waals surface area contributed by atoms with Crippen molar-refractivity contribution >= 4 is 32.9 Å². The Hall–Kier alpha value is -4.35. The van der Waals surface area contributed by atoms with E-state index in [2.05, 4.69) is 4.98 Å². The monoisotopic (exact) mass is 486 g/mol. The van der Waals surface area contributed by atoms with Crippen molar-refractivity contribution in [3.63, 3.8) is 0 Å². The van der Waals surface area contributed by atoms with Gasteiger partial charge in [-0.15, -0.1) is 0 Å². The standard InChI is InChI=1S/C27H22N2O5S/c1-17-8-11-21(12-9-17)35(31,32)34-24-13-10-19(15-25(24)33-3)14-20(16-28)27(30)26-18(2)29-23-7-5-4-6-22(23)26/h4-15,29H,1-3H3. The molecule has 1 aromatic heterocycles. The maximum atomic E-state index is 13.2. The molecule has 0 spiro atoms. The summed E-state index contributed by atoms with van der Waals surface area (Å²) in [5.74, 6) is -0.284. The first kappa shape index (κ1) is 23.8. The van der Waals surface area contributed by atoms with Crippen molar-refractivity contribution in [1.82, 2.24) is 4.98 Å². The van der Waals surface area contributed by atoms with E-state index in [4.69, 9.17) is 8.92 Å². The third kappa shape index (κ3) is 4.81. The lowest BCUT2D eigenvalue weighted by Crippen LogP contribution is -2.10. The fraction of sp³-hybridized carbons (Fsp3) is 0.111. The highest BCUT2D eigenvalue weighted by Gasteiger charge is 2.21. The second-order valence-corrected chi connectivity index (χ2v) is 9.48. The summed E-state index contributed by atoms with van der Waals surface area (Å²) in [4.78, 5) is 16.4. The summed E-state index contributed by atoms with van der Waals surface area (Å²) >= 11 is 0. The second-order valence-electron chi connectivity index (χ2n) is 7.93. The molecule has 7 nitrogen and oxygen atoms in total. The normalized spacial score (nSPS) is 11.8. The number of nitrogens with one attached hydrogen (secondary N) is 1. The predicted octanol–water partition coefficient (Wildman–Crippen LogP) is 5.35. The molecular formula is C27H22N2O5S. The van der Waals surface area contributed by atoms with Crippen molar-refractivity contribution in [2.24, 2.45) is 0 Å². The van der Waals surface area contributed by atoms with E-state index in [9.17, 15) is 18.5 Å². The highest BCUT2D eigenvalue weighted by molar-refractivity contribution is 7.87. The molecule has 8 heteroatoms. The third-order valence-electron chi connectivity index (χ3n) is 5.49. The molecule has 0 aliphatic carbocycles. The average Bonchev–Trinajstić information content (AvgIpc) is 3.18. The third-order valence-corrected chi connectivity index (χ3v) is 6.74. The quantitative estimate of drug-likeness (QED) is 0.163. The van der Waals surface area contributed by atoms with E-state index < -0.39 is 15.9 Å². The molecule has 0 aliphatic rings. The molecule has 4 aromatic rings. The molecule has 35 heavy (non-hydrogen) atoms. The zero-order chi connectivity index (χ0) is 25.2. The first-order chi connectivity index (χ1) is 16.7. The fourth-order valence-electron chi connectivity index (χ4n) is 3.73. The number of rotatable bonds is 7. The Labute approximate surface area is 203 Å². The summed E-state index contributed by atoms with van der Waals surface area (Å²) < 4.78 is 36.0. The van der Waals surface area contributed by atoms with Gasteiger partial charge in [-0.3, -0.25) is 4.79 Å². The van der Waals surface area contributed by atoms with Gasteiger partial charge in [0.1, 0.15) is 16.5 Å². The van der Waals surface area contributed by atoms with Crippen molar-refractivity contribution in [2.45, 2.75) is 18.7 Å². The van der Waals surface area contributed by atoms with Gasteiger partial charge in [0.15, 0.2) is 11.5 Å². The number of fused-ring (bicyclic) bond motifs is 1. The van der Waals surface area contributed by atoms with Crippen LogP contribution in [0.25, 0.3) is 17.0 Å². The van der Waals surface area contributed by atoms with E-state index >= 15 is 0 Å². The topological polar surface area (TPSA) is 109 Å². The summed E-state index contributed by atoms with van der Waals surface area (Å²) in [5, 5.41) is 10.4. The number of H-pyrrole nitrogens is 1. The maximum absolute atomic E-state index is 13.2. The van der Waals surface area contributed by atoms with Crippen LogP contribution < -0.4 is 8.92 Å². The van der Waals surface area contributed by atoms with Crippen LogP contribution in [0.15, 0.2) is 77.2 Å². The lowest BCUT2D eigenvalue weighted by atomic mass is 9.99. The number of nitrogens with zero attached hydrogens (tertiary/aromatic N) is 1. The molecule has 1 heterocycles. The Balaban J connectivity index is 1.66. The molecular weight excluding hydrogens is 464 g/mol. The largest absolute Gasteiger partial charge is 0.493 e. The van der Waals surface area contributed by atoms with E-state index in [-0.39, 0.29) is 22.0 Å². The van der Waals surface area contributed by atoms with Crippen molar-refractivity contribution in [2.75, 3.05) is 7.11 Å². The smallest absolute Gasteiger partial charge is 0.339 e. The van der Waals surface area contributed by atoms with E-state index in [0.717, 1.165) is 16.5 Å². The van der Waals surface area contributed by atoms with Gasteiger partial charge >= 0.3 is 10.1 Å². The summed E-state index contributed by atoms with van der Waals surface area (Å²) in [6.45, 7) is 3.64. The van der Waals surface area contributed by atoms with Crippen LogP contribution in [0, 0.1) is 25.2 Å². The van der Waals surface area contributed by atoms with Crippen LogP contribution >= 0.6 is 0 Å². The van der Waals surface area contributed by atoms with E-state index in [1.54, 1.807) is 25.1 Å². The van der Waals surface area contributed by atoms with E-state index in [0.29, 0.717) is 16.8 Å².